The number of nitrogens with two attached hydrogens (primary N) is 1. The fourth-order valence-corrected chi connectivity index (χ4v) is 2.20. The molecule has 0 spiro atoms. The maximum absolute atomic E-state index is 6.27. The minimum atomic E-state index is 0.262. The van der Waals surface area contributed by atoms with Crippen molar-refractivity contribution in [3.8, 4) is 0 Å². The lowest BCUT2D eigenvalue weighted by Gasteiger charge is -2.31. The van der Waals surface area contributed by atoms with Crippen LogP contribution in [0.25, 0.3) is 0 Å². The highest BCUT2D eigenvalue weighted by molar-refractivity contribution is 5.28. The summed E-state index contributed by atoms with van der Waals surface area (Å²) in [4.78, 5) is 0. The van der Waals surface area contributed by atoms with Gasteiger partial charge in [0, 0.05) is 6.04 Å². The summed E-state index contributed by atoms with van der Waals surface area (Å²) in [7, 11) is 0. The van der Waals surface area contributed by atoms with Crippen molar-refractivity contribution in [1.29, 1.82) is 0 Å². The van der Waals surface area contributed by atoms with Crippen LogP contribution in [0.4, 0.5) is 0 Å². The van der Waals surface area contributed by atoms with Gasteiger partial charge in [-0.3, -0.25) is 0 Å². The highest BCUT2D eigenvalue weighted by Crippen LogP contribution is 2.36. The molecule has 0 saturated heterocycles. The summed E-state index contributed by atoms with van der Waals surface area (Å²) in [5, 5.41) is 0. The van der Waals surface area contributed by atoms with E-state index in [-0.39, 0.29) is 6.04 Å². The SMILES string of the molecule is CC(C)c1cccc([C@H](N)C2CCC2)c1. The van der Waals surface area contributed by atoms with Gasteiger partial charge in [-0.2, -0.15) is 0 Å². The standard InChI is InChI=1S/C14H21N/c1-10(2)12-7-4-8-13(9-12)14(15)11-5-3-6-11/h4,7-11,14H,3,5-6,15H2,1-2H3/t14-/m1/s1. The van der Waals surface area contributed by atoms with Gasteiger partial charge in [-0.05, 0) is 35.8 Å². The van der Waals surface area contributed by atoms with Gasteiger partial charge < -0.3 is 5.73 Å². The topological polar surface area (TPSA) is 26.0 Å². The van der Waals surface area contributed by atoms with E-state index in [0.29, 0.717) is 5.92 Å². The third kappa shape index (κ3) is 2.23. The van der Waals surface area contributed by atoms with Gasteiger partial charge in [0.15, 0.2) is 0 Å². The Hall–Kier alpha value is -0.820. The Morgan fingerprint density at radius 3 is 2.40 bits per heavy atom. The molecular weight excluding hydrogens is 182 g/mol. The third-order valence-electron chi connectivity index (χ3n) is 3.62. The second-order valence-corrected chi connectivity index (χ2v) is 5.04. The van der Waals surface area contributed by atoms with E-state index in [1.54, 1.807) is 0 Å². The normalized spacial score (nSPS) is 18.9. The second-order valence-electron chi connectivity index (χ2n) is 5.04. The first-order valence-corrected chi connectivity index (χ1v) is 6.04. The molecule has 1 saturated carbocycles. The van der Waals surface area contributed by atoms with E-state index in [4.69, 9.17) is 5.73 Å². The van der Waals surface area contributed by atoms with Gasteiger partial charge in [-0.1, -0.05) is 44.5 Å². The van der Waals surface area contributed by atoms with E-state index in [1.807, 2.05) is 0 Å². The van der Waals surface area contributed by atoms with Crippen molar-refractivity contribution < 1.29 is 0 Å². The van der Waals surface area contributed by atoms with Crippen LogP contribution in [0.1, 0.15) is 56.2 Å². The zero-order valence-corrected chi connectivity index (χ0v) is 9.74. The predicted molar refractivity (Wildman–Crippen MR) is 64.8 cm³/mol. The Morgan fingerprint density at radius 2 is 1.87 bits per heavy atom. The van der Waals surface area contributed by atoms with E-state index in [1.165, 1.54) is 30.4 Å². The van der Waals surface area contributed by atoms with Crippen LogP contribution in [0.3, 0.4) is 0 Å². The molecule has 1 atom stereocenters. The van der Waals surface area contributed by atoms with Gasteiger partial charge in [0.25, 0.3) is 0 Å². The Labute approximate surface area is 92.7 Å². The van der Waals surface area contributed by atoms with Gasteiger partial charge in [-0.15, -0.1) is 0 Å². The first-order valence-electron chi connectivity index (χ1n) is 6.04. The quantitative estimate of drug-likeness (QED) is 0.798. The lowest BCUT2D eigenvalue weighted by Crippen LogP contribution is -2.26. The van der Waals surface area contributed by atoms with Crippen molar-refractivity contribution in [3.05, 3.63) is 35.4 Å². The zero-order chi connectivity index (χ0) is 10.8. The summed E-state index contributed by atoms with van der Waals surface area (Å²) in [5.41, 5.74) is 9.00. The summed E-state index contributed by atoms with van der Waals surface area (Å²) in [6.45, 7) is 4.46. The van der Waals surface area contributed by atoms with Crippen LogP contribution in [0.5, 0.6) is 0 Å². The Kier molecular flexibility index (Phi) is 3.11. The zero-order valence-electron chi connectivity index (χ0n) is 9.74. The Bertz CT molecular complexity index is 326. The fraction of sp³-hybridized carbons (Fsp3) is 0.571. The molecule has 0 aromatic heterocycles. The maximum Gasteiger partial charge on any atom is 0.0323 e. The molecule has 1 heteroatoms. The molecule has 0 amide bonds. The van der Waals surface area contributed by atoms with E-state index >= 15 is 0 Å². The molecule has 0 aliphatic heterocycles. The molecule has 2 N–H and O–H groups in total. The van der Waals surface area contributed by atoms with Crippen molar-refractivity contribution in [2.24, 2.45) is 11.7 Å². The van der Waals surface area contributed by atoms with Crippen LogP contribution in [0.2, 0.25) is 0 Å². The predicted octanol–water partition coefficient (Wildman–Crippen LogP) is 3.61. The van der Waals surface area contributed by atoms with Crippen molar-refractivity contribution in [2.75, 3.05) is 0 Å². The number of hydrogen-bond acceptors (Lipinski definition) is 1. The molecule has 82 valence electrons. The third-order valence-corrected chi connectivity index (χ3v) is 3.62. The van der Waals surface area contributed by atoms with Crippen LogP contribution in [0, 0.1) is 5.92 Å². The highest BCUT2D eigenvalue weighted by Gasteiger charge is 2.25. The van der Waals surface area contributed by atoms with Gasteiger partial charge >= 0.3 is 0 Å². The van der Waals surface area contributed by atoms with Crippen LogP contribution >= 0.6 is 0 Å². The monoisotopic (exact) mass is 203 g/mol. The second kappa shape index (κ2) is 4.36. The smallest absolute Gasteiger partial charge is 0.0323 e. The first-order chi connectivity index (χ1) is 7.18. The fourth-order valence-electron chi connectivity index (χ4n) is 2.20. The minimum Gasteiger partial charge on any atom is -0.324 e. The van der Waals surface area contributed by atoms with Crippen molar-refractivity contribution in [2.45, 2.75) is 45.1 Å². The van der Waals surface area contributed by atoms with Gasteiger partial charge in [0.1, 0.15) is 0 Å². The molecule has 15 heavy (non-hydrogen) atoms. The molecule has 1 aliphatic rings. The van der Waals surface area contributed by atoms with E-state index in [2.05, 4.69) is 38.1 Å². The van der Waals surface area contributed by atoms with E-state index in [9.17, 15) is 0 Å². The maximum atomic E-state index is 6.27. The largest absolute Gasteiger partial charge is 0.324 e. The van der Waals surface area contributed by atoms with Crippen LogP contribution in [-0.2, 0) is 0 Å². The van der Waals surface area contributed by atoms with E-state index < -0.39 is 0 Å². The molecule has 1 fully saturated rings. The van der Waals surface area contributed by atoms with Gasteiger partial charge in [-0.25, -0.2) is 0 Å². The number of benzene rings is 1. The van der Waals surface area contributed by atoms with Crippen LogP contribution in [-0.4, -0.2) is 0 Å². The molecule has 0 bridgehead atoms. The lowest BCUT2D eigenvalue weighted by atomic mass is 9.77. The van der Waals surface area contributed by atoms with Crippen LogP contribution in [0.15, 0.2) is 24.3 Å². The van der Waals surface area contributed by atoms with E-state index in [0.717, 1.165) is 5.92 Å². The summed E-state index contributed by atoms with van der Waals surface area (Å²) in [6, 6.07) is 9.06. The van der Waals surface area contributed by atoms with Gasteiger partial charge in [0.05, 0.1) is 0 Å². The summed E-state index contributed by atoms with van der Waals surface area (Å²) in [5.74, 6) is 1.32. The first kappa shape index (κ1) is 10.7. The van der Waals surface area contributed by atoms with Crippen molar-refractivity contribution in [3.63, 3.8) is 0 Å². The van der Waals surface area contributed by atoms with Crippen LogP contribution < -0.4 is 5.73 Å². The average molecular weight is 203 g/mol. The minimum absolute atomic E-state index is 0.262. The number of hydrogen-bond donors (Lipinski definition) is 1. The van der Waals surface area contributed by atoms with Crippen molar-refractivity contribution in [1.82, 2.24) is 0 Å². The highest BCUT2D eigenvalue weighted by atomic mass is 14.7. The number of rotatable bonds is 3. The molecule has 1 aromatic rings. The van der Waals surface area contributed by atoms with Crippen molar-refractivity contribution >= 4 is 0 Å². The summed E-state index contributed by atoms with van der Waals surface area (Å²) in [6.07, 6.45) is 3.99. The molecule has 1 aromatic carbocycles. The molecule has 2 rings (SSSR count). The summed E-state index contributed by atoms with van der Waals surface area (Å²) >= 11 is 0. The molecular formula is C14H21N. The molecule has 1 nitrogen and oxygen atoms in total. The molecule has 0 unspecified atom stereocenters. The molecule has 0 radical (unpaired) electrons. The molecule has 1 aliphatic carbocycles. The Balaban J connectivity index is 2.16. The van der Waals surface area contributed by atoms with Gasteiger partial charge in [0.2, 0.25) is 0 Å². The summed E-state index contributed by atoms with van der Waals surface area (Å²) < 4.78 is 0. The lowest BCUT2D eigenvalue weighted by molar-refractivity contribution is 0.264. The Morgan fingerprint density at radius 1 is 1.20 bits per heavy atom. The molecule has 0 heterocycles. The average Bonchev–Trinajstić information content (AvgIpc) is 2.15.